The molecule has 1 aliphatic carbocycles. The van der Waals surface area contributed by atoms with Crippen molar-refractivity contribution in [1.82, 2.24) is 4.90 Å². The second-order valence-electron chi connectivity index (χ2n) is 4.84. The minimum atomic E-state index is -0.307. The van der Waals surface area contributed by atoms with E-state index in [9.17, 15) is 9.59 Å². The maximum Gasteiger partial charge on any atom is 0.232 e. The Morgan fingerprint density at radius 3 is 2.40 bits per heavy atom. The van der Waals surface area contributed by atoms with E-state index in [-0.39, 0.29) is 23.5 Å². The second-order valence-corrected chi connectivity index (χ2v) is 4.84. The Labute approximate surface area is 90.8 Å². The number of hydrogen-bond donors (Lipinski definition) is 0. The number of Topliss-reactive ketones (excluding diaryl/α,β-unsaturated/α-hetero) is 1. The van der Waals surface area contributed by atoms with E-state index in [1.54, 1.807) is 11.9 Å². The number of ketones is 1. The zero-order valence-electron chi connectivity index (χ0n) is 9.37. The topological polar surface area (TPSA) is 37.4 Å². The third kappa shape index (κ3) is 2.06. The summed E-state index contributed by atoms with van der Waals surface area (Å²) < 4.78 is 0. The first-order valence-corrected chi connectivity index (χ1v) is 5.99. The van der Waals surface area contributed by atoms with Crippen molar-refractivity contribution in [3.63, 3.8) is 0 Å². The van der Waals surface area contributed by atoms with Crippen LogP contribution in [0, 0.1) is 11.8 Å². The zero-order chi connectivity index (χ0) is 10.8. The highest BCUT2D eigenvalue weighted by atomic mass is 16.2. The van der Waals surface area contributed by atoms with Crippen LogP contribution < -0.4 is 0 Å². The molecule has 3 nitrogen and oxygen atoms in total. The molecule has 0 aromatic heterocycles. The van der Waals surface area contributed by atoms with E-state index in [1.807, 2.05) is 0 Å². The molecule has 1 atom stereocenters. The van der Waals surface area contributed by atoms with E-state index in [0.29, 0.717) is 0 Å². The Balaban J connectivity index is 1.98. The molecule has 84 valence electrons. The zero-order valence-corrected chi connectivity index (χ0v) is 9.37. The summed E-state index contributed by atoms with van der Waals surface area (Å²) in [4.78, 5) is 25.5. The van der Waals surface area contributed by atoms with Crippen LogP contribution in [0.5, 0.6) is 0 Å². The van der Waals surface area contributed by atoms with Gasteiger partial charge in [0.15, 0.2) is 0 Å². The van der Waals surface area contributed by atoms with E-state index in [4.69, 9.17) is 0 Å². The highest BCUT2D eigenvalue weighted by Gasteiger charge is 2.38. The lowest BCUT2D eigenvalue weighted by molar-refractivity contribution is -0.138. The van der Waals surface area contributed by atoms with Crippen molar-refractivity contribution in [3.8, 4) is 0 Å². The van der Waals surface area contributed by atoms with Crippen LogP contribution in [0.25, 0.3) is 0 Å². The van der Waals surface area contributed by atoms with Crippen molar-refractivity contribution in [3.05, 3.63) is 0 Å². The van der Waals surface area contributed by atoms with Gasteiger partial charge in [-0.15, -0.1) is 0 Å². The molecular formula is C12H19NO2. The van der Waals surface area contributed by atoms with E-state index in [2.05, 4.69) is 0 Å². The van der Waals surface area contributed by atoms with Gasteiger partial charge in [-0.1, -0.05) is 19.3 Å². The van der Waals surface area contributed by atoms with Gasteiger partial charge in [0.25, 0.3) is 0 Å². The van der Waals surface area contributed by atoms with E-state index >= 15 is 0 Å². The highest BCUT2D eigenvalue weighted by Crippen LogP contribution is 2.30. The van der Waals surface area contributed by atoms with Gasteiger partial charge >= 0.3 is 0 Å². The summed E-state index contributed by atoms with van der Waals surface area (Å²) in [6, 6.07) is 0. The average Bonchev–Trinajstić information content (AvgIpc) is 2.60. The predicted octanol–water partition coefficient (Wildman–Crippen LogP) is 1.61. The van der Waals surface area contributed by atoms with E-state index < -0.39 is 0 Å². The molecular weight excluding hydrogens is 190 g/mol. The molecule has 0 radical (unpaired) electrons. The molecule has 1 aliphatic heterocycles. The first-order valence-electron chi connectivity index (χ1n) is 5.99. The molecule has 1 unspecified atom stereocenters. The fourth-order valence-electron chi connectivity index (χ4n) is 2.76. The minimum absolute atomic E-state index is 0.0468. The normalized spacial score (nSPS) is 28.5. The van der Waals surface area contributed by atoms with Gasteiger partial charge in [-0.3, -0.25) is 9.59 Å². The fraction of sp³-hybridized carbons (Fsp3) is 0.833. The molecule has 0 aromatic rings. The summed E-state index contributed by atoms with van der Waals surface area (Å²) in [6.07, 6.45) is 6.33. The number of carbonyl (C=O) groups is 2. The molecule has 0 aromatic carbocycles. The molecule has 0 bridgehead atoms. The Hall–Kier alpha value is -0.860. The van der Waals surface area contributed by atoms with Crippen LogP contribution in [0.1, 0.15) is 38.5 Å². The quantitative estimate of drug-likeness (QED) is 0.648. The van der Waals surface area contributed by atoms with Gasteiger partial charge in [0.05, 0.1) is 5.92 Å². The number of hydrogen-bond acceptors (Lipinski definition) is 2. The summed E-state index contributed by atoms with van der Waals surface area (Å²) in [5.41, 5.74) is 0. The van der Waals surface area contributed by atoms with Crippen molar-refractivity contribution < 1.29 is 9.59 Å². The average molecular weight is 209 g/mol. The van der Waals surface area contributed by atoms with E-state index in [1.165, 1.54) is 6.42 Å². The summed E-state index contributed by atoms with van der Waals surface area (Å²) >= 11 is 0. The number of likely N-dealkylation sites (tertiary alicyclic amines) is 1. The molecule has 2 aliphatic rings. The first-order chi connectivity index (χ1) is 7.20. The molecule has 1 amide bonds. The second kappa shape index (κ2) is 4.33. The largest absolute Gasteiger partial charge is 0.345 e. The van der Waals surface area contributed by atoms with Crippen LogP contribution in [-0.4, -0.2) is 30.2 Å². The monoisotopic (exact) mass is 209 g/mol. The molecule has 1 saturated heterocycles. The fourth-order valence-corrected chi connectivity index (χ4v) is 2.76. The van der Waals surface area contributed by atoms with Gasteiger partial charge < -0.3 is 4.90 Å². The van der Waals surface area contributed by atoms with Crippen LogP contribution in [0.4, 0.5) is 0 Å². The smallest absolute Gasteiger partial charge is 0.232 e. The molecule has 1 heterocycles. The number of nitrogens with zero attached hydrogens (tertiary/aromatic N) is 1. The molecule has 1 saturated carbocycles. The van der Waals surface area contributed by atoms with Crippen LogP contribution >= 0.6 is 0 Å². The molecule has 15 heavy (non-hydrogen) atoms. The van der Waals surface area contributed by atoms with Gasteiger partial charge in [0.2, 0.25) is 5.91 Å². The Morgan fingerprint density at radius 2 is 1.87 bits per heavy atom. The maximum atomic E-state index is 12.1. The Kier molecular flexibility index (Phi) is 3.08. The molecule has 2 fully saturated rings. The minimum Gasteiger partial charge on any atom is -0.345 e. The van der Waals surface area contributed by atoms with Crippen molar-refractivity contribution in [2.24, 2.45) is 11.8 Å². The van der Waals surface area contributed by atoms with Gasteiger partial charge in [0, 0.05) is 19.5 Å². The maximum absolute atomic E-state index is 12.1. The van der Waals surface area contributed by atoms with Gasteiger partial charge in [-0.2, -0.15) is 0 Å². The first kappa shape index (κ1) is 10.7. The SMILES string of the molecule is CN1CCC(C(=O)C2CCCCC2)C1=O. The third-order valence-corrected chi connectivity index (χ3v) is 3.78. The van der Waals surface area contributed by atoms with Crippen LogP contribution in [-0.2, 0) is 9.59 Å². The Bertz CT molecular complexity index is 269. The van der Waals surface area contributed by atoms with Gasteiger partial charge in [-0.25, -0.2) is 0 Å². The number of carbonyl (C=O) groups excluding carboxylic acids is 2. The van der Waals surface area contributed by atoms with Gasteiger partial charge in [-0.05, 0) is 19.3 Å². The lowest BCUT2D eigenvalue weighted by Crippen LogP contribution is -2.32. The van der Waals surface area contributed by atoms with Crippen molar-refractivity contribution in [2.45, 2.75) is 38.5 Å². The predicted molar refractivity (Wildman–Crippen MR) is 57.3 cm³/mol. The summed E-state index contributed by atoms with van der Waals surface area (Å²) in [7, 11) is 1.79. The van der Waals surface area contributed by atoms with Gasteiger partial charge in [0.1, 0.15) is 5.78 Å². The van der Waals surface area contributed by atoms with Crippen molar-refractivity contribution in [1.29, 1.82) is 0 Å². The molecule has 0 spiro atoms. The lowest BCUT2D eigenvalue weighted by atomic mass is 9.81. The summed E-state index contributed by atoms with van der Waals surface area (Å²) in [5, 5.41) is 0. The summed E-state index contributed by atoms with van der Waals surface area (Å²) in [6.45, 7) is 0.752. The van der Waals surface area contributed by atoms with E-state index in [0.717, 1.165) is 38.6 Å². The van der Waals surface area contributed by atoms with Crippen molar-refractivity contribution in [2.75, 3.05) is 13.6 Å². The third-order valence-electron chi connectivity index (χ3n) is 3.78. The van der Waals surface area contributed by atoms with Crippen LogP contribution in [0.3, 0.4) is 0 Å². The number of rotatable bonds is 2. The van der Waals surface area contributed by atoms with Crippen LogP contribution in [0.2, 0.25) is 0 Å². The van der Waals surface area contributed by atoms with Crippen molar-refractivity contribution >= 4 is 11.7 Å². The molecule has 0 N–H and O–H groups in total. The van der Waals surface area contributed by atoms with Crippen LogP contribution in [0.15, 0.2) is 0 Å². The molecule has 3 heteroatoms. The lowest BCUT2D eigenvalue weighted by Gasteiger charge is -2.22. The highest BCUT2D eigenvalue weighted by molar-refractivity contribution is 6.03. The Morgan fingerprint density at radius 1 is 1.20 bits per heavy atom. The standard InChI is InChI=1S/C12H19NO2/c1-13-8-7-10(12(13)15)11(14)9-5-3-2-4-6-9/h9-10H,2-8H2,1H3. The summed E-state index contributed by atoms with van der Waals surface area (Å²) in [5.74, 6) is 0.145. The molecule has 2 rings (SSSR count). The number of amides is 1.